The summed E-state index contributed by atoms with van der Waals surface area (Å²) in [7, 11) is 0. The Bertz CT molecular complexity index is 370. The summed E-state index contributed by atoms with van der Waals surface area (Å²) in [4.78, 5) is 11.1. The van der Waals surface area contributed by atoms with Crippen LogP contribution in [0.1, 0.15) is 22.8 Å². The van der Waals surface area contributed by atoms with Gasteiger partial charge in [0.25, 0.3) is 0 Å². The Morgan fingerprint density at radius 1 is 1.57 bits per heavy atom. The van der Waals surface area contributed by atoms with Crippen molar-refractivity contribution in [3.63, 3.8) is 0 Å². The van der Waals surface area contributed by atoms with Crippen molar-refractivity contribution in [2.45, 2.75) is 6.92 Å². The number of hydrogen-bond acceptors (Lipinski definition) is 2. The second kappa shape index (κ2) is 4.67. The molecule has 0 bridgehead atoms. The molecule has 0 heterocycles. The highest BCUT2D eigenvalue weighted by Gasteiger charge is 2.05. The van der Waals surface area contributed by atoms with Crippen molar-refractivity contribution in [2.75, 3.05) is 6.61 Å². The lowest BCUT2D eigenvalue weighted by atomic mass is 10.0. The van der Waals surface area contributed by atoms with Gasteiger partial charge in [0.05, 0.1) is 6.61 Å². The first kappa shape index (κ1) is 10.6. The molecule has 0 radical (unpaired) electrons. The molecule has 0 spiro atoms. The minimum atomic E-state index is -0.396. The lowest BCUT2D eigenvalue weighted by Gasteiger charge is -2.01. The maximum absolute atomic E-state index is 12.8. The number of carbonyl (C=O) groups excluding carboxylic acids is 1. The molecule has 0 unspecified atom stereocenters. The van der Waals surface area contributed by atoms with Crippen LogP contribution in [0.4, 0.5) is 4.39 Å². The third-order valence-corrected chi connectivity index (χ3v) is 1.80. The maximum atomic E-state index is 12.8. The molecule has 74 valence electrons. The molecule has 0 fully saturated rings. The van der Waals surface area contributed by atoms with Gasteiger partial charge in [0.2, 0.25) is 0 Å². The van der Waals surface area contributed by atoms with E-state index in [9.17, 15) is 9.18 Å². The van der Waals surface area contributed by atoms with Crippen LogP contribution in [-0.2, 0) is 0 Å². The first-order chi connectivity index (χ1) is 6.65. The average molecular weight is 194 g/mol. The van der Waals surface area contributed by atoms with Gasteiger partial charge in [-0.2, -0.15) is 0 Å². The predicted molar refractivity (Wildman–Crippen MR) is 52.5 cm³/mol. The number of carbonyl (C=O) groups is 1. The first-order valence-corrected chi connectivity index (χ1v) is 4.23. The van der Waals surface area contributed by atoms with E-state index in [-0.39, 0.29) is 12.4 Å². The highest BCUT2D eigenvalue weighted by molar-refractivity contribution is 5.97. The predicted octanol–water partition coefficient (Wildman–Crippen LogP) is 2.03. The van der Waals surface area contributed by atoms with Crippen LogP contribution in [-0.4, -0.2) is 17.5 Å². The van der Waals surface area contributed by atoms with Gasteiger partial charge in [-0.3, -0.25) is 4.79 Å². The Morgan fingerprint density at radius 2 is 2.29 bits per heavy atom. The molecule has 0 aliphatic heterocycles. The van der Waals surface area contributed by atoms with E-state index in [1.165, 1.54) is 37.3 Å². The second-order valence-corrected chi connectivity index (χ2v) is 2.87. The lowest BCUT2D eigenvalue weighted by molar-refractivity contribution is 0.101. The van der Waals surface area contributed by atoms with Gasteiger partial charge >= 0.3 is 0 Å². The van der Waals surface area contributed by atoms with Crippen LogP contribution in [0.5, 0.6) is 0 Å². The number of aliphatic hydroxyl groups is 1. The molecule has 2 nitrogen and oxygen atoms in total. The van der Waals surface area contributed by atoms with Gasteiger partial charge in [-0.15, -0.1) is 0 Å². The van der Waals surface area contributed by atoms with Gasteiger partial charge in [0, 0.05) is 5.56 Å². The van der Waals surface area contributed by atoms with Gasteiger partial charge in [0.1, 0.15) is 5.82 Å². The van der Waals surface area contributed by atoms with Crippen molar-refractivity contribution in [3.05, 3.63) is 41.2 Å². The minimum Gasteiger partial charge on any atom is -0.392 e. The van der Waals surface area contributed by atoms with Crippen molar-refractivity contribution in [2.24, 2.45) is 0 Å². The summed E-state index contributed by atoms with van der Waals surface area (Å²) in [6.07, 6.45) is 2.99. The van der Waals surface area contributed by atoms with Gasteiger partial charge in [-0.25, -0.2) is 4.39 Å². The van der Waals surface area contributed by atoms with Crippen LogP contribution in [0, 0.1) is 5.82 Å². The molecule has 0 aliphatic rings. The SMILES string of the molecule is CC(=O)c1ccc(F)cc1C=CCO. The van der Waals surface area contributed by atoms with Crippen LogP contribution in [0.2, 0.25) is 0 Å². The van der Waals surface area contributed by atoms with E-state index in [2.05, 4.69) is 0 Å². The molecule has 0 atom stereocenters. The number of benzene rings is 1. The molecule has 14 heavy (non-hydrogen) atoms. The van der Waals surface area contributed by atoms with Crippen LogP contribution in [0.3, 0.4) is 0 Å². The van der Waals surface area contributed by atoms with E-state index in [1.54, 1.807) is 0 Å². The Balaban J connectivity index is 3.15. The number of hydrogen-bond donors (Lipinski definition) is 1. The second-order valence-electron chi connectivity index (χ2n) is 2.87. The molecule has 1 aromatic rings. The molecule has 1 N–H and O–H groups in total. The van der Waals surface area contributed by atoms with Crippen molar-refractivity contribution in [3.8, 4) is 0 Å². The summed E-state index contributed by atoms with van der Waals surface area (Å²) in [6, 6.07) is 3.95. The largest absolute Gasteiger partial charge is 0.392 e. The third-order valence-electron chi connectivity index (χ3n) is 1.80. The number of ketones is 1. The average Bonchev–Trinajstić information content (AvgIpc) is 2.14. The van der Waals surface area contributed by atoms with Gasteiger partial charge in [0.15, 0.2) is 5.78 Å². The molecule has 0 amide bonds. The van der Waals surface area contributed by atoms with Crippen molar-refractivity contribution in [1.82, 2.24) is 0 Å². The quantitative estimate of drug-likeness (QED) is 0.747. The van der Waals surface area contributed by atoms with Crippen LogP contribution < -0.4 is 0 Å². The van der Waals surface area contributed by atoms with Crippen molar-refractivity contribution in [1.29, 1.82) is 0 Å². The van der Waals surface area contributed by atoms with Crippen LogP contribution >= 0.6 is 0 Å². The number of rotatable bonds is 3. The molecule has 0 saturated carbocycles. The van der Waals surface area contributed by atoms with Crippen molar-refractivity contribution < 1.29 is 14.3 Å². The fourth-order valence-corrected chi connectivity index (χ4v) is 1.17. The summed E-state index contributed by atoms with van der Waals surface area (Å²) >= 11 is 0. The van der Waals surface area contributed by atoms with Crippen LogP contribution in [0.25, 0.3) is 6.08 Å². The lowest BCUT2D eigenvalue weighted by Crippen LogP contribution is -1.96. The number of aliphatic hydroxyl groups excluding tert-OH is 1. The van der Waals surface area contributed by atoms with E-state index < -0.39 is 5.82 Å². The van der Waals surface area contributed by atoms with Crippen LogP contribution in [0.15, 0.2) is 24.3 Å². The molecule has 1 aromatic carbocycles. The summed E-state index contributed by atoms with van der Waals surface area (Å²) in [5, 5.41) is 8.56. The van der Waals surface area contributed by atoms with E-state index in [0.29, 0.717) is 11.1 Å². The minimum absolute atomic E-state index is 0.123. The van der Waals surface area contributed by atoms with E-state index in [1.807, 2.05) is 0 Å². The zero-order valence-corrected chi connectivity index (χ0v) is 7.83. The topological polar surface area (TPSA) is 37.3 Å². The van der Waals surface area contributed by atoms with Crippen molar-refractivity contribution >= 4 is 11.9 Å². The summed E-state index contributed by atoms with van der Waals surface area (Å²) < 4.78 is 12.8. The molecule has 0 aliphatic carbocycles. The fraction of sp³-hybridized carbons (Fsp3) is 0.182. The molecular weight excluding hydrogens is 183 g/mol. The highest BCUT2D eigenvalue weighted by Crippen LogP contribution is 2.13. The van der Waals surface area contributed by atoms with E-state index >= 15 is 0 Å². The summed E-state index contributed by atoms with van der Waals surface area (Å²) in [6.45, 7) is 1.29. The zero-order chi connectivity index (χ0) is 10.6. The molecule has 3 heteroatoms. The van der Waals surface area contributed by atoms with Gasteiger partial charge < -0.3 is 5.11 Å². The third kappa shape index (κ3) is 2.50. The maximum Gasteiger partial charge on any atom is 0.160 e. The fourth-order valence-electron chi connectivity index (χ4n) is 1.17. The number of Topliss-reactive ketones (excluding diaryl/α,β-unsaturated/α-hetero) is 1. The monoisotopic (exact) mass is 194 g/mol. The molecule has 0 aromatic heterocycles. The summed E-state index contributed by atoms with van der Waals surface area (Å²) in [5.41, 5.74) is 0.947. The summed E-state index contributed by atoms with van der Waals surface area (Å²) in [5.74, 6) is -0.518. The number of halogens is 1. The smallest absolute Gasteiger partial charge is 0.160 e. The highest BCUT2D eigenvalue weighted by atomic mass is 19.1. The molecule has 0 saturated heterocycles. The van der Waals surface area contributed by atoms with E-state index in [4.69, 9.17) is 5.11 Å². The molecular formula is C11H11FO2. The Kier molecular flexibility index (Phi) is 3.54. The van der Waals surface area contributed by atoms with E-state index in [0.717, 1.165) is 0 Å². The normalized spacial score (nSPS) is 10.8. The van der Waals surface area contributed by atoms with Gasteiger partial charge in [-0.1, -0.05) is 12.2 Å². The Hall–Kier alpha value is -1.48. The zero-order valence-electron chi connectivity index (χ0n) is 7.83. The molecule has 1 rings (SSSR count). The Morgan fingerprint density at radius 3 is 2.86 bits per heavy atom. The van der Waals surface area contributed by atoms with Gasteiger partial charge in [-0.05, 0) is 30.7 Å². The Labute approximate surface area is 81.7 Å². The standard InChI is InChI=1S/C11H11FO2/c1-8(14)11-5-4-10(12)7-9(11)3-2-6-13/h2-5,7,13H,6H2,1H3. The first-order valence-electron chi connectivity index (χ1n) is 4.23.